The quantitative estimate of drug-likeness (QED) is 0.142. The molecule has 8 heteroatoms. The Morgan fingerprint density at radius 1 is 0.321 bits per heavy atom. The molecule has 0 aliphatic rings. The molecule has 0 radical (unpaired) electrons. The zero-order valence-electron chi connectivity index (χ0n) is 43.3. The molecule has 0 aliphatic heterocycles. The topological polar surface area (TPSA) is 92.5 Å². The maximum Gasteiger partial charge on any atom is 0.195 e. The largest absolute Gasteiger partial charge is 0.309 e. The highest BCUT2D eigenvalue weighted by atomic mass is 15.0. The normalized spacial score (nSPS) is 11.4. The van der Waals surface area contributed by atoms with E-state index in [-0.39, 0.29) is 0 Å². The number of benzene rings is 11. The molecule has 0 saturated heterocycles. The molecule has 0 unspecified atom stereocenters. The van der Waals surface area contributed by atoms with Gasteiger partial charge in [-0.2, -0.15) is 10.5 Å². The minimum absolute atomic E-state index is 0.524. The Kier molecular flexibility index (Phi) is 10.8. The van der Waals surface area contributed by atoms with Gasteiger partial charge in [-0.25, -0.2) is 14.8 Å². The highest BCUT2D eigenvalue weighted by molar-refractivity contribution is 6.14. The van der Waals surface area contributed by atoms with Gasteiger partial charge in [0, 0.05) is 66.1 Å². The number of hydrogen-bond donors (Lipinski definition) is 0. The summed E-state index contributed by atoms with van der Waals surface area (Å²) in [6, 6.07) is 92.2. The molecule has 81 heavy (non-hydrogen) atoms. The van der Waals surface area contributed by atoms with Crippen LogP contribution in [-0.4, -0.2) is 23.7 Å². The third-order valence-corrected chi connectivity index (χ3v) is 15.8. The van der Waals surface area contributed by atoms with Gasteiger partial charge in [-0.15, -0.1) is 0 Å². The predicted molar refractivity (Wildman–Crippen MR) is 328 cm³/mol. The zero-order valence-corrected chi connectivity index (χ0v) is 43.3. The molecular weight excluding hydrogens is 989 g/mol. The predicted octanol–water partition coefficient (Wildman–Crippen LogP) is 18.4. The third kappa shape index (κ3) is 7.73. The Balaban J connectivity index is 0.796. The van der Waals surface area contributed by atoms with Crippen molar-refractivity contribution in [3.8, 4) is 85.4 Å². The third-order valence-electron chi connectivity index (χ3n) is 15.8. The highest BCUT2D eigenvalue weighted by Gasteiger charge is 2.20. The average Bonchev–Trinajstić information content (AvgIpc) is 4.38. The Hall–Kier alpha value is -11.6. The van der Waals surface area contributed by atoms with E-state index in [4.69, 9.17) is 16.5 Å². The van der Waals surface area contributed by atoms with Crippen molar-refractivity contribution in [2.45, 2.75) is 0 Å². The lowest BCUT2D eigenvalue weighted by molar-refractivity contribution is 1.16. The van der Waals surface area contributed by atoms with E-state index in [0.717, 1.165) is 83.5 Å². The summed E-state index contributed by atoms with van der Waals surface area (Å²) in [6.07, 6.45) is 0. The standard InChI is InChI=1S/C73H42N8/c1-76-66-40-53(48-26-28-51(29-27-48)65-43-64(50-22-18-46(44-74)19-23-50)77-73(78-65)52-24-20-47(45-75)21-25-52)32-37-57(66)49-30-33-54(34-31-49)79-71-38-35-55(80-67-14-6-2-10-58(67)59-11-3-7-15-68(59)80)41-62(71)63-42-56(36-39-72(63)79)81-69-16-8-4-12-60(69)61-13-5-9-17-70(61)81/h2-43H. The maximum atomic E-state index is 9.43. The molecule has 0 spiro atoms. The summed E-state index contributed by atoms with van der Waals surface area (Å²) in [7, 11) is 0. The fraction of sp³-hybridized carbons (Fsp3) is 0. The Bertz CT molecular complexity index is 4820. The summed E-state index contributed by atoms with van der Waals surface area (Å²) in [4.78, 5) is 14.0. The molecule has 0 bridgehead atoms. The van der Waals surface area contributed by atoms with Gasteiger partial charge in [-0.05, 0) is 144 Å². The average molecular weight is 1030 g/mol. The first-order chi connectivity index (χ1) is 40.0. The van der Waals surface area contributed by atoms with Crippen LogP contribution in [-0.2, 0) is 0 Å². The SMILES string of the molecule is [C-]#[N+]c1cc(-c2ccc(-c3cc(-c4ccc(C#N)cc4)nc(-c4ccc(C#N)cc4)n3)cc2)ccc1-c1ccc(-n2c3ccc(-n4c5ccccc5c5ccccc54)cc3c3cc(-n4c5ccccc5c5ccccc54)ccc32)cc1. The second kappa shape index (κ2) is 18.8. The maximum absolute atomic E-state index is 9.43. The summed E-state index contributed by atoms with van der Waals surface area (Å²) >= 11 is 0. The van der Waals surface area contributed by atoms with E-state index in [1.807, 2.05) is 48.5 Å². The molecule has 15 rings (SSSR count). The first kappa shape index (κ1) is 46.7. The van der Waals surface area contributed by atoms with E-state index in [9.17, 15) is 10.5 Å². The van der Waals surface area contributed by atoms with E-state index >= 15 is 0 Å². The van der Waals surface area contributed by atoms with E-state index in [1.54, 1.807) is 24.3 Å². The second-order valence-electron chi connectivity index (χ2n) is 20.3. The number of nitrogens with zero attached hydrogens (tertiary/aromatic N) is 8. The lowest BCUT2D eigenvalue weighted by atomic mass is 9.97. The van der Waals surface area contributed by atoms with Crippen molar-refractivity contribution in [2.24, 2.45) is 0 Å². The number of aromatic nitrogens is 5. The van der Waals surface area contributed by atoms with Gasteiger partial charge in [0.1, 0.15) is 0 Å². The number of fused-ring (bicyclic) bond motifs is 9. The number of para-hydroxylation sites is 4. The van der Waals surface area contributed by atoms with Crippen LogP contribution in [0.25, 0.3) is 143 Å². The van der Waals surface area contributed by atoms with Crippen LogP contribution in [0.3, 0.4) is 0 Å². The van der Waals surface area contributed by atoms with Gasteiger partial charge in [0.25, 0.3) is 0 Å². The van der Waals surface area contributed by atoms with Crippen molar-refractivity contribution in [3.63, 3.8) is 0 Å². The van der Waals surface area contributed by atoms with Crippen molar-refractivity contribution in [2.75, 3.05) is 0 Å². The molecule has 374 valence electrons. The molecule has 0 atom stereocenters. The fourth-order valence-electron chi connectivity index (χ4n) is 11.9. The summed E-state index contributed by atoms with van der Waals surface area (Å²) in [5.41, 5.74) is 19.4. The Morgan fingerprint density at radius 2 is 0.691 bits per heavy atom. The monoisotopic (exact) mass is 1030 g/mol. The van der Waals surface area contributed by atoms with E-state index in [2.05, 4.69) is 213 Å². The molecule has 8 nitrogen and oxygen atoms in total. The molecule has 0 N–H and O–H groups in total. The molecule has 0 aliphatic carbocycles. The van der Waals surface area contributed by atoms with Crippen LogP contribution in [0.5, 0.6) is 0 Å². The first-order valence-electron chi connectivity index (χ1n) is 26.7. The van der Waals surface area contributed by atoms with Gasteiger partial charge in [-0.1, -0.05) is 133 Å². The lowest BCUT2D eigenvalue weighted by Gasteiger charge is -2.13. The zero-order chi connectivity index (χ0) is 54.1. The summed E-state index contributed by atoms with van der Waals surface area (Å²) in [6.45, 7) is 8.39. The molecule has 4 heterocycles. The van der Waals surface area contributed by atoms with E-state index < -0.39 is 0 Å². The Morgan fingerprint density at radius 3 is 1.15 bits per heavy atom. The molecule has 11 aromatic carbocycles. The van der Waals surface area contributed by atoms with Gasteiger partial charge < -0.3 is 13.7 Å². The molecular formula is C73H42N8. The number of nitriles is 2. The summed E-state index contributed by atoms with van der Waals surface area (Å²) < 4.78 is 7.14. The van der Waals surface area contributed by atoms with Gasteiger partial charge in [-0.3, -0.25) is 0 Å². The van der Waals surface area contributed by atoms with Gasteiger partial charge in [0.05, 0.1) is 74.3 Å². The van der Waals surface area contributed by atoms with Crippen LogP contribution in [0.2, 0.25) is 0 Å². The number of rotatable bonds is 8. The Labute approximate surface area is 465 Å². The smallest absolute Gasteiger partial charge is 0.195 e. The molecule has 15 aromatic rings. The first-order valence-corrected chi connectivity index (χ1v) is 26.7. The van der Waals surface area contributed by atoms with Crippen LogP contribution in [0, 0.1) is 29.2 Å². The van der Waals surface area contributed by atoms with Crippen molar-refractivity contribution >= 4 is 71.1 Å². The van der Waals surface area contributed by atoms with Crippen LogP contribution in [0.4, 0.5) is 5.69 Å². The molecule has 0 saturated carbocycles. The minimum atomic E-state index is 0.524. The molecule has 0 amide bonds. The second-order valence-corrected chi connectivity index (χ2v) is 20.3. The fourth-order valence-corrected chi connectivity index (χ4v) is 11.9. The summed E-state index contributed by atoms with van der Waals surface area (Å²) in [5, 5.41) is 26.0. The number of hydrogen-bond acceptors (Lipinski definition) is 4. The van der Waals surface area contributed by atoms with Crippen molar-refractivity contribution in [1.29, 1.82) is 10.5 Å². The van der Waals surface area contributed by atoms with Crippen molar-refractivity contribution < 1.29 is 0 Å². The van der Waals surface area contributed by atoms with E-state index in [0.29, 0.717) is 28.3 Å². The highest BCUT2D eigenvalue weighted by Crippen LogP contribution is 2.41. The van der Waals surface area contributed by atoms with Gasteiger partial charge in [0.15, 0.2) is 11.5 Å². The van der Waals surface area contributed by atoms with Crippen LogP contribution in [0.15, 0.2) is 255 Å². The van der Waals surface area contributed by atoms with Crippen LogP contribution >= 0.6 is 0 Å². The molecule has 4 aromatic heterocycles. The molecule has 0 fully saturated rings. The van der Waals surface area contributed by atoms with Crippen molar-refractivity contribution in [3.05, 3.63) is 277 Å². The van der Waals surface area contributed by atoms with Crippen LogP contribution in [0.1, 0.15) is 11.1 Å². The summed E-state index contributed by atoms with van der Waals surface area (Å²) in [5.74, 6) is 0.524. The van der Waals surface area contributed by atoms with Crippen molar-refractivity contribution in [1.82, 2.24) is 23.7 Å². The lowest BCUT2D eigenvalue weighted by Crippen LogP contribution is -1.96. The van der Waals surface area contributed by atoms with E-state index in [1.165, 1.54) is 43.6 Å². The van der Waals surface area contributed by atoms with Gasteiger partial charge >= 0.3 is 0 Å². The van der Waals surface area contributed by atoms with Gasteiger partial charge in [0.2, 0.25) is 0 Å². The minimum Gasteiger partial charge on any atom is -0.309 e. The van der Waals surface area contributed by atoms with Crippen LogP contribution < -0.4 is 0 Å².